The molecule has 2 aromatic rings. The van der Waals surface area contributed by atoms with Crippen molar-refractivity contribution in [2.45, 2.75) is 20.3 Å². The third kappa shape index (κ3) is 5.00. The van der Waals surface area contributed by atoms with Gasteiger partial charge in [0.15, 0.2) is 5.11 Å². The fourth-order valence-electron chi connectivity index (χ4n) is 2.21. The highest BCUT2D eigenvalue weighted by Gasteiger charge is 2.15. The van der Waals surface area contributed by atoms with E-state index in [1.807, 2.05) is 6.92 Å². The predicted molar refractivity (Wildman–Crippen MR) is 104 cm³/mol. The summed E-state index contributed by atoms with van der Waals surface area (Å²) in [5.41, 5.74) is 1.29. The summed E-state index contributed by atoms with van der Waals surface area (Å²) in [7, 11) is 0. The van der Waals surface area contributed by atoms with E-state index in [0.29, 0.717) is 29.2 Å². The van der Waals surface area contributed by atoms with Crippen LogP contribution in [0.1, 0.15) is 29.3 Å². The van der Waals surface area contributed by atoms with Crippen LogP contribution in [0.3, 0.4) is 0 Å². The van der Waals surface area contributed by atoms with E-state index in [-0.39, 0.29) is 10.8 Å². The topological polar surface area (TPSA) is 93.5 Å². The lowest BCUT2D eigenvalue weighted by Crippen LogP contribution is -2.34. The quantitative estimate of drug-likeness (QED) is 0.454. The Hall–Kier alpha value is -3.00. The van der Waals surface area contributed by atoms with Gasteiger partial charge in [-0.25, -0.2) is 0 Å². The molecular weight excluding hydrogens is 354 g/mol. The van der Waals surface area contributed by atoms with Crippen LogP contribution in [0.25, 0.3) is 0 Å². The Morgan fingerprint density at radius 1 is 1.27 bits per heavy atom. The molecule has 0 heterocycles. The maximum absolute atomic E-state index is 12.4. The van der Waals surface area contributed by atoms with Gasteiger partial charge in [-0.3, -0.25) is 20.2 Å². The van der Waals surface area contributed by atoms with Crippen molar-refractivity contribution in [3.8, 4) is 5.75 Å². The summed E-state index contributed by atoms with van der Waals surface area (Å²) in [5, 5.41) is 16.4. The molecule has 8 heteroatoms. The van der Waals surface area contributed by atoms with Gasteiger partial charge in [0, 0.05) is 17.3 Å². The number of hydrogen-bond donors (Lipinski definition) is 2. The molecule has 0 saturated carbocycles. The minimum Gasteiger partial charge on any atom is -0.493 e. The normalized spacial score (nSPS) is 10.1. The highest BCUT2D eigenvalue weighted by atomic mass is 32.1. The number of carbonyl (C=O) groups excluding carboxylic acids is 1. The van der Waals surface area contributed by atoms with Gasteiger partial charge in [0.25, 0.3) is 11.6 Å². The second kappa shape index (κ2) is 8.91. The first-order valence-corrected chi connectivity index (χ1v) is 8.42. The lowest BCUT2D eigenvalue weighted by atomic mass is 10.2. The van der Waals surface area contributed by atoms with Crippen molar-refractivity contribution < 1.29 is 14.5 Å². The van der Waals surface area contributed by atoms with Crippen molar-refractivity contribution in [3.63, 3.8) is 0 Å². The van der Waals surface area contributed by atoms with Crippen LogP contribution in [0.5, 0.6) is 5.75 Å². The molecule has 0 aromatic heterocycles. The molecule has 0 radical (unpaired) electrons. The maximum Gasteiger partial charge on any atom is 0.274 e. The van der Waals surface area contributed by atoms with E-state index in [4.69, 9.17) is 17.0 Å². The highest BCUT2D eigenvalue weighted by Crippen LogP contribution is 2.22. The molecule has 0 aliphatic heterocycles. The number of carbonyl (C=O) groups is 1. The van der Waals surface area contributed by atoms with Gasteiger partial charge in [0.1, 0.15) is 5.75 Å². The maximum atomic E-state index is 12.4. The van der Waals surface area contributed by atoms with E-state index in [9.17, 15) is 14.9 Å². The standard InChI is InChI=1S/C18H19N3O4S/c1-3-10-25-16-7-5-4-6-14(16)17(22)20-18(26)19-13-9-8-12(2)15(11-13)21(23)24/h4-9,11H,3,10H2,1-2H3,(H2,19,20,22,26). The zero-order valence-corrected chi connectivity index (χ0v) is 15.3. The molecule has 2 aromatic carbocycles. The molecular formula is C18H19N3O4S. The molecule has 0 unspecified atom stereocenters. The summed E-state index contributed by atoms with van der Waals surface area (Å²) in [6.45, 7) is 4.12. The van der Waals surface area contributed by atoms with Crippen molar-refractivity contribution >= 4 is 34.6 Å². The van der Waals surface area contributed by atoms with Crippen LogP contribution in [0.4, 0.5) is 11.4 Å². The Morgan fingerprint density at radius 3 is 2.69 bits per heavy atom. The molecule has 26 heavy (non-hydrogen) atoms. The Morgan fingerprint density at radius 2 is 2.00 bits per heavy atom. The number of amides is 1. The number of hydrogen-bond acceptors (Lipinski definition) is 5. The second-order valence-electron chi connectivity index (χ2n) is 5.51. The van der Waals surface area contributed by atoms with Crippen LogP contribution < -0.4 is 15.4 Å². The Labute approximate surface area is 156 Å². The molecule has 0 aliphatic carbocycles. The molecule has 7 nitrogen and oxygen atoms in total. The molecule has 1 amide bonds. The smallest absolute Gasteiger partial charge is 0.274 e. The van der Waals surface area contributed by atoms with Crippen LogP contribution in [-0.4, -0.2) is 22.5 Å². The van der Waals surface area contributed by atoms with Gasteiger partial charge in [0.2, 0.25) is 0 Å². The molecule has 0 saturated heterocycles. The molecule has 0 atom stereocenters. The van der Waals surface area contributed by atoms with E-state index in [1.165, 1.54) is 6.07 Å². The summed E-state index contributed by atoms with van der Waals surface area (Å²) in [6, 6.07) is 11.5. The molecule has 0 aliphatic rings. The number of nitro benzene ring substituents is 1. The number of ether oxygens (including phenoxy) is 1. The van der Waals surface area contributed by atoms with Gasteiger partial charge in [0.05, 0.1) is 17.1 Å². The van der Waals surface area contributed by atoms with E-state index in [0.717, 1.165) is 6.42 Å². The predicted octanol–water partition coefficient (Wildman–Crippen LogP) is 3.82. The van der Waals surface area contributed by atoms with Crippen molar-refractivity contribution in [2.75, 3.05) is 11.9 Å². The largest absolute Gasteiger partial charge is 0.493 e. The monoisotopic (exact) mass is 373 g/mol. The molecule has 136 valence electrons. The number of nitrogens with one attached hydrogen (secondary N) is 2. The van der Waals surface area contributed by atoms with Crippen molar-refractivity contribution in [1.29, 1.82) is 0 Å². The fraction of sp³-hybridized carbons (Fsp3) is 0.222. The summed E-state index contributed by atoms with van der Waals surface area (Å²) < 4.78 is 5.56. The first-order chi connectivity index (χ1) is 12.4. The molecule has 2 N–H and O–H groups in total. The zero-order valence-electron chi connectivity index (χ0n) is 14.4. The first kappa shape index (κ1) is 19.3. The van der Waals surface area contributed by atoms with Crippen LogP contribution in [0.2, 0.25) is 0 Å². The van der Waals surface area contributed by atoms with Gasteiger partial charge in [-0.15, -0.1) is 0 Å². The Kier molecular flexibility index (Phi) is 6.62. The third-order valence-electron chi connectivity index (χ3n) is 3.48. The minimum absolute atomic E-state index is 0.0255. The van der Waals surface area contributed by atoms with Gasteiger partial charge >= 0.3 is 0 Å². The number of benzene rings is 2. The van der Waals surface area contributed by atoms with Crippen molar-refractivity contribution in [2.24, 2.45) is 0 Å². The number of nitrogens with zero attached hydrogens (tertiary/aromatic N) is 1. The molecule has 0 spiro atoms. The van der Waals surface area contributed by atoms with Crippen LogP contribution in [0, 0.1) is 17.0 Å². The number of anilines is 1. The highest BCUT2D eigenvalue weighted by molar-refractivity contribution is 7.80. The number of para-hydroxylation sites is 1. The number of rotatable bonds is 6. The lowest BCUT2D eigenvalue weighted by Gasteiger charge is -2.13. The first-order valence-electron chi connectivity index (χ1n) is 8.01. The third-order valence-corrected chi connectivity index (χ3v) is 3.69. The Balaban J connectivity index is 2.07. The van der Waals surface area contributed by atoms with Crippen molar-refractivity contribution in [1.82, 2.24) is 5.32 Å². The summed E-state index contributed by atoms with van der Waals surface area (Å²) in [5.74, 6) is 0.0523. The summed E-state index contributed by atoms with van der Waals surface area (Å²) >= 11 is 5.13. The second-order valence-corrected chi connectivity index (χ2v) is 5.92. The Bertz CT molecular complexity index is 839. The van der Waals surface area contributed by atoms with Gasteiger partial charge < -0.3 is 10.1 Å². The van der Waals surface area contributed by atoms with E-state index in [1.54, 1.807) is 43.3 Å². The van der Waals surface area contributed by atoms with Gasteiger partial charge in [-0.1, -0.05) is 25.1 Å². The van der Waals surface area contributed by atoms with Crippen LogP contribution >= 0.6 is 12.2 Å². The average Bonchev–Trinajstić information content (AvgIpc) is 2.61. The van der Waals surface area contributed by atoms with Crippen LogP contribution in [0.15, 0.2) is 42.5 Å². The zero-order chi connectivity index (χ0) is 19.1. The fourth-order valence-corrected chi connectivity index (χ4v) is 2.42. The van der Waals surface area contributed by atoms with Gasteiger partial charge in [-0.2, -0.15) is 0 Å². The molecule has 2 rings (SSSR count). The molecule has 0 fully saturated rings. The van der Waals surface area contributed by atoms with E-state index >= 15 is 0 Å². The number of aryl methyl sites for hydroxylation is 1. The van der Waals surface area contributed by atoms with Gasteiger partial charge in [-0.05, 0) is 43.8 Å². The lowest BCUT2D eigenvalue weighted by molar-refractivity contribution is -0.385. The minimum atomic E-state index is -0.469. The van der Waals surface area contributed by atoms with E-state index in [2.05, 4.69) is 10.6 Å². The summed E-state index contributed by atoms with van der Waals surface area (Å²) in [6.07, 6.45) is 0.822. The molecule has 0 bridgehead atoms. The van der Waals surface area contributed by atoms with Crippen LogP contribution in [-0.2, 0) is 0 Å². The SMILES string of the molecule is CCCOc1ccccc1C(=O)NC(=S)Nc1ccc(C)c([N+](=O)[O-])c1. The van der Waals surface area contributed by atoms with E-state index < -0.39 is 10.8 Å². The average molecular weight is 373 g/mol. The number of thiocarbonyl (C=S) groups is 1. The summed E-state index contributed by atoms with van der Waals surface area (Å²) in [4.78, 5) is 23.0. The number of nitro groups is 1. The van der Waals surface area contributed by atoms with Crippen molar-refractivity contribution in [3.05, 3.63) is 63.7 Å².